The van der Waals surface area contributed by atoms with Gasteiger partial charge in [0.2, 0.25) is 0 Å². The zero-order valence-electron chi connectivity index (χ0n) is 9.31. The van der Waals surface area contributed by atoms with E-state index >= 15 is 0 Å². The molecule has 0 aliphatic heterocycles. The number of nitrogens with one attached hydrogen (secondary N) is 1. The first-order valence-electron chi connectivity index (χ1n) is 5.37. The average molecular weight is 260 g/mol. The molecule has 0 fully saturated rings. The van der Waals surface area contributed by atoms with Crippen LogP contribution in [0.1, 0.15) is 0 Å². The van der Waals surface area contributed by atoms with E-state index in [0.29, 0.717) is 10.7 Å². The summed E-state index contributed by atoms with van der Waals surface area (Å²) in [5.74, 6) is 0.0597. The highest BCUT2D eigenvalue weighted by atomic mass is 35.5. The summed E-state index contributed by atoms with van der Waals surface area (Å²) < 4.78 is 0. The van der Waals surface area contributed by atoms with E-state index in [1.165, 1.54) is 0 Å². The molecule has 0 bridgehead atoms. The van der Waals surface area contributed by atoms with E-state index in [2.05, 4.69) is 10.2 Å². The molecule has 0 saturated heterocycles. The highest BCUT2D eigenvalue weighted by molar-refractivity contribution is 6.32. The van der Waals surface area contributed by atoms with Crippen LogP contribution in [0.25, 0.3) is 22.2 Å². The first-order valence-corrected chi connectivity index (χ1v) is 5.75. The number of phenols is 1. The monoisotopic (exact) mass is 259 g/mol. The van der Waals surface area contributed by atoms with Crippen molar-refractivity contribution in [2.45, 2.75) is 0 Å². The van der Waals surface area contributed by atoms with Crippen LogP contribution in [0, 0.1) is 0 Å². The van der Waals surface area contributed by atoms with Crippen LogP contribution in [0.3, 0.4) is 0 Å². The first kappa shape index (κ1) is 10.9. The van der Waals surface area contributed by atoms with Crippen molar-refractivity contribution >= 4 is 28.2 Å². The number of H-pyrrole nitrogens is 1. The van der Waals surface area contributed by atoms with Gasteiger partial charge < -0.3 is 10.8 Å². The highest BCUT2D eigenvalue weighted by Gasteiger charge is 2.09. The molecule has 4 nitrogen and oxygen atoms in total. The number of anilines is 1. The predicted octanol–water partition coefficient (Wildman–Crippen LogP) is 3.17. The average Bonchev–Trinajstić information content (AvgIpc) is 2.75. The lowest BCUT2D eigenvalue weighted by molar-refractivity contribution is 0.475. The molecule has 90 valence electrons. The maximum atomic E-state index is 9.41. The lowest BCUT2D eigenvalue weighted by atomic mass is 10.1. The maximum absolute atomic E-state index is 9.41. The van der Waals surface area contributed by atoms with Gasteiger partial charge in [-0.15, -0.1) is 0 Å². The van der Waals surface area contributed by atoms with Crippen LogP contribution >= 0.6 is 11.6 Å². The quantitative estimate of drug-likeness (QED) is 0.588. The van der Waals surface area contributed by atoms with Crippen molar-refractivity contribution in [1.82, 2.24) is 10.2 Å². The molecule has 0 aliphatic carbocycles. The lowest BCUT2D eigenvalue weighted by Crippen LogP contribution is -1.83. The van der Waals surface area contributed by atoms with Crippen LogP contribution in [0.5, 0.6) is 5.75 Å². The minimum Gasteiger partial charge on any atom is -0.506 e. The fraction of sp³-hybridized carbons (Fsp3) is 0. The number of hydrogen-bond acceptors (Lipinski definition) is 3. The van der Waals surface area contributed by atoms with E-state index in [-0.39, 0.29) is 5.75 Å². The van der Waals surface area contributed by atoms with E-state index in [4.69, 9.17) is 17.3 Å². The number of halogens is 1. The van der Waals surface area contributed by atoms with Crippen LogP contribution in [-0.4, -0.2) is 15.3 Å². The Kier molecular flexibility index (Phi) is 2.38. The van der Waals surface area contributed by atoms with E-state index < -0.39 is 0 Å². The molecule has 0 radical (unpaired) electrons. The number of aromatic hydroxyl groups is 1. The van der Waals surface area contributed by atoms with Gasteiger partial charge in [0.1, 0.15) is 5.75 Å². The van der Waals surface area contributed by atoms with Crippen molar-refractivity contribution in [2.24, 2.45) is 0 Å². The second kappa shape index (κ2) is 3.92. The number of nitrogen functional groups attached to an aromatic ring is 1. The second-order valence-electron chi connectivity index (χ2n) is 4.04. The number of hydrogen-bond donors (Lipinski definition) is 3. The Morgan fingerprint density at radius 2 is 2.00 bits per heavy atom. The van der Waals surface area contributed by atoms with Crippen molar-refractivity contribution in [3.63, 3.8) is 0 Å². The van der Waals surface area contributed by atoms with Gasteiger partial charge in [-0.2, -0.15) is 5.10 Å². The van der Waals surface area contributed by atoms with Crippen LogP contribution in [0.2, 0.25) is 5.02 Å². The third-order valence-electron chi connectivity index (χ3n) is 2.81. The van der Waals surface area contributed by atoms with E-state index in [1.807, 2.05) is 18.2 Å². The summed E-state index contributed by atoms with van der Waals surface area (Å²) in [4.78, 5) is 0. The number of nitrogens with zero attached hydrogens (tertiary/aromatic N) is 1. The van der Waals surface area contributed by atoms with Crippen LogP contribution < -0.4 is 5.73 Å². The van der Waals surface area contributed by atoms with Crippen LogP contribution in [0.4, 0.5) is 5.69 Å². The Balaban J connectivity index is 2.22. The Morgan fingerprint density at radius 3 is 2.78 bits per heavy atom. The Morgan fingerprint density at radius 1 is 1.17 bits per heavy atom. The molecule has 3 aromatic rings. The minimum atomic E-state index is 0.0597. The fourth-order valence-corrected chi connectivity index (χ4v) is 2.09. The number of aromatic amines is 1. The van der Waals surface area contributed by atoms with Gasteiger partial charge >= 0.3 is 0 Å². The van der Waals surface area contributed by atoms with Crippen molar-refractivity contribution < 1.29 is 5.11 Å². The summed E-state index contributed by atoms with van der Waals surface area (Å²) >= 11 is 5.90. The number of aromatic nitrogens is 2. The number of phenolic OH excluding ortho intramolecular Hbond substituents is 1. The van der Waals surface area contributed by atoms with E-state index in [1.54, 1.807) is 18.2 Å². The first-order chi connectivity index (χ1) is 8.65. The Hall–Kier alpha value is -2.20. The summed E-state index contributed by atoms with van der Waals surface area (Å²) in [7, 11) is 0. The summed E-state index contributed by atoms with van der Waals surface area (Å²) in [5, 5.41) is 17.9. The Labute approximate surface area is 108 Å². The smallest absolute Gasteiger partial charge is 0.134 e. The summed E-state index contributed by atoms with van der Waals surface area (Å²) in [6, 6.07) is 10.6. The normalized spacial score (nSPS) is 10.9. The zero-order chi connectivity index (χ0) is 12.7. The summed E-state index contributed by atoms with van der Waals surface area (Å²) in [6.45, 7) is 0. The van der Waals surface area contributed by atoms with Crippen LogP contribution in [0.15, 0.2) is 36.4 Å². The third kappa shape index (κ3) is 1.67. The molecule has 0 atom stereocenters. The topological polar surface area (TPSA) is 74.9 Å². The van der Waals surface area contributed by atoms with Gasteiger partial charge in [0.05, 0.1) is 16.2 Å². The zero-order valence-corrected chi connectivity index (χ0v) is 10.1. The molecule has 3 rings (SSSR count). The summed E-state index contributed by atoms with van der Waals surface area (Å²) in [5.41, 5.74) is 8.89. The number of fused-ring (bicyclic) bond motifs is 1. The molecule has 5 heteroatoms. The van der Waals surface area contributed by atoms with Crippen molar-refractivity contribution in [1.29, 1.82) is 0 Å². The largest absolute Gasteiger partial charge is 0.506 e. The minimum absolute atomic E-state index is 0.0597. The van der Waals surface area contributed by atoms with Gasteiger partial charge in [0.15, 0.2) is 0 Å². The number of benzene rings is 2. The standard InChI is InChI=1S/C13H10ClN3O/c14-10-5-7(1-4-12(10)18)13-9-3-2-8(15)6-11(9)16-17-13/h1-6,18H,15H2,(H,16,17). The van der Waals surface area contributed by atoms with E-state index in [0.717, 1.165) is 22.2 Å². The van der Waals surface area contributed by atoms with Gasteiger partial charge in [0, 0.05) is 16.6 Å². The molecule has 1 heterocycles. The molecule has 0 unspecified atom stereocenters. The fourth-order valence-electron chi connectivity index (χ4n) is 1.91. The van der Waals surface area contributed by atoms with Crippen molar-refractivity contribution in [3.8, 4) is 17.0 Å². The number of nitrogens with two attached hydrogens (primary N) is 1. The van der Waals surface area contributed by atoms with Crippen molar-refractivity contribution in [2.75, 3.05) is 5.73 Å². The molecule has 0 aliphatic rings. The van der Waals surface area contributed by atoms with Crippen LogP contribution in [-0.2, 0) is 0 Å². The SMILES string of the molecule is Nc1ccc2c(-c3ccc(O)c(Cl)c3)n[nH]c2c1. The molecule has 0 spiro atoms. The van der Waals surface area contributed by atoms with Gasteiger partial charge in [0.25, 0.3) is 0 Å². The molecule has 1 aromatic heterocycles. The predicted molar refractivity (Wildman–Crippen MR) is 72.6 cm³/mol. The van der Waals surface area contributed by atoms with Gasteiger partial charge in [-0.25, -0.2) is 0 Å². The molecule has 18 heavy (non-hydrogen) atoms. The molecule has 2 aromatic carbocycles. The van der Waals surface area contributed by atoms with Crippen molar-refractivity contribution in [3.05, 3.63) is 41.4 Å². The molecule has 0 amide bonds. The second-order valence-corrected chi connectivity index (χ2v) is 4.45. The van der Waals surface area contributed by atoms with Gasteiger partial charge in [-0.1, -0.05) is 11.6 Å². The molecular formula is C13H10ClN3O. The molecule has 4 N–H and O–H groups in total. The van der Waals surface area contributed by atoms with Gasteiger partial charge in [-0.3, -0.25) is 5.10 Å². The Bertz CT molecular complexity index is 736. The molecule has 0 saturated carbocycles. The lowest BCUT2D eigenvalue weighted by Gasteiger charge is -2.01. The summed E-state index contributed by atoms with van der Waals surface area (Å²) in [6.07, 6.45) is 0. The van der Waals surface area contributed by atoms with E-state index in [9.17, 15) is 5.11 Å². The highest BCUT2D eigenvalue weighted by Crippen LogP contribution is 2.32. The maximum Gasteiger partial charge on any atom is 0.134 e. The third-order valence-corrected chi connectivity index (χ3v) is 3.11. The van der Waals surface area contributed by atoms with Gasteiger partial charge in [-0.05, 0) is 36.4 Å². The number of rotatable bonds is 1. The molecular weight excluding hydrogens is 250 g/mol.